The summed E-state index contributed by atoms with van der Waals surface area (Å²) in [5, 5.41) is 6.23. The molecule has 1 aliphatic rings. The van der Waals surface area contributed by atoms with Crippen LogP contribution >= 0.6 is 0 Å². The summed E-state index contributed by atoms with van der Waals surface area (Å²) < 4.78 is 0. The molecule has 0 aromatic carbocycles. The summed E-state index contributed by atoms with van der Waals surface area (Å²) in [5.41, 5.74) is 0.827. The van der Waals surface area contributed by atoms with Gasteiger partial charge in [-0.15, -0.1) is 0 Å². The maximum Gasteiger partial charge on any atom is 0.247 e. The molecule has 3 nitrogen and oxygen atoms in total. The zero-order valence-electron chi connectivity index (χ0n) is 9.31. The van der Waals surface area contributed by atoms with Gasteiger partial charge in [0.05, 0.1) is 0 Å². The molecule has 3 heteroatoms. The van der Waals surface area contributed by atoms with Gasteiger partial charge in [0.15, 0.2) is 0 Å². The van der Waals surface area contributed by atoms with E-state index in [2.05, 4.69) is 17.6 Å². The Kier molecular flexibility index (Phi) is 3.69. The first-order valence-corrected chi connectivity index (χ1v) is 5.27. The van der Waals surface area contributed by atoms with Crippen LogP contribution in [0.15, 0.2) is 11.6 Å². The Morgan fingerprint density at radius 1 is 1.64 bits per heavy atom. The van der Waals surface area contributed by atoms with Gasteiger partial charge in [0.2, 0.25) is 5.91 Å². The summed E-state index contributed by atoms with van der Waals surface area (Å²) in [6.07, 6.45) is 3.76. The highest BCUT2D eigenvalue weighted by molar-refractivity contribution is 5.94. The second-order valence-electron chi connectivity index (χ2n) is 4.38. The van der Waals surface area contributed by atoms with E-state index in [1.54, 1.807) is 0 Å². The summed E-state index contributed by atoms with van der Waals surface area (Å²) in [6, 6.07) is 0. The van der Waals surface area contributed by atoms with Crippen LogP contribution in [-0.4, -0.2) is 24.5 Å². The molecule has 1 amide bonds. The van der Waals surface area contributed by atoms with Crippen molar-refractivity contribution in [3.63, 3.8) is 0 Å². The fourth-order valence-electron chi connectivity index (χ4n) is 1.30. The highest BCUT2D eigenvalue weighted by Crippen LogP contribution is 2.11. The van der Waals surface area contributed by atoms with E-state index in [0.29, 0.717) is 0 Å². The number of amides is 1. The molecule has 80 valence electrons. The Hall–Kier alpha value is -0.830. The molecule has 0 bridgehead atoms. The first-order chi connectivity index (χ1) is 6.55. The van der Waals surface area contributed by atoms with Crippen molar-refractivity contribution in [3.05, 3.63) is 11.6 Å². The van der Waals surface area contributed by atoms with Gasteiger partial charge in [0.1, 0.15) is 0 Å². The van der Waals surface area contributed by atoms with E-state index >= 15 is 0 Å². The largest absolute Gasteiger partial charge is 0.347 e. The van der Waals surface area contributed by atoms with Crippen molar-refractivity contribution in [2.24, 2.45) is 0 Å². The Morgan fingerprint density at radius 2 is 2.36 bits per heavy atom. The molecule has 0 radical (unpaired) electrons. The molecule has 0 aromatic rings. The Balaban J connectivity index is 2.53. The summed E-state index contributed by atoms with van der Waals surface area (Å²) >= 11 is 0. The zero-order valence-corrected chi connectivity index (χ0v) is 9.31. The summed E-state index contributed by atoms with van der Waals surface area (Å²) in [5.74, 6) is 0.0957. The average Bonchev–Trinajstić information content (AvgIpc) is 2.19. The van der Waals surface area contributed by atoms with Crippen LogP contribution in [-0.2, 0) is 4.79 Å². The van der Waals surface area contributed by atoms with Gasteiger partial charge in [0, 0.05) is 17.7 Å². The van der Waals surface area contributed by atoms with Crippen molar-refractivity contribution in [1.29, 1.82) is 0 Å². The molecule has 0 aliphatic carbocycles. The smallest absolute Gasteiger partial charge is 0.247 e. The molecule has 1 heterocycles. The van der Waals surface area contributed by atoms with E-state index in [9.17, 15) is 4.79 Å². The van der Waals surface area contributed by atoms with E-state index in [4.69, 9.17) is 0 Å². The number of carbonyl (C=O) groups excluding carboxylic acids is 1. The first-order valence-electron chi connectivity index (χ1n) is 5.27. The maximum atomic E-state index is 11.8. The number of hydrogen-bond acceptors (Lipinski definition) is 2. The van der Waals surface area contributed by atoms with Crippen LogP contribution in [0.2, 0.25) is 0 Å². The number of hydrogen-bond donors (Lipinski definition) is 2. The highest BCUT2D eigenvalue weighted by atomic mass is 16.1. The molecule has 0 saturated heterocycles. The Bertz CT molecular complexity index is 244. The number of rotatable bonds is 3. The van der Waals surface area contributed by atoms with Crippen LogP contribution in [0.3, 0.4) is 0 Å². The average molecular weight is 196 g/mol. The molecule has 1 aliphatic heterocycles. The van der Waals surface area contributed by atoms with Crippen LogP contribution in [0.5, 0.6) is 0 Å². The lowest BCUT2D eigenvalue weighted by Crippen LogP contribution is -2.44. The standard InChI is InChI=1S/C11H20N2O/c1-4-11(2,3)13-10(14)9-5-7-12-8-6-9/h5,12H,4,6-8H2,1-3H3,(H,13,14). The summed E-state index contributed by atoms with van der Waals surface area (Å²) in [6.45, 7) is 7.90. The molecule has 0 unspecified atom stereocenters. The minimum atomic E-state index is -0.0944. The third-order valence-electron chi connectivity index (χ3n) is 2.69. The number of nitrogens with one attached hydrogen (secondary N) is 2. The monoisotopic (exact) mass is 196 g/mol. The van der Waals surface area contributed by atoms with Gasteiger partial charge in [-0.25, -0.2) is 0 Å². The van der Waals surface area contributed by atoms with Crippen molar-refractivity contribution >= 4 is 5.91 Å². The molecule has 0 aromatic heterocycles. The topological polar surface area (TPSA) is 41.1 Å². The molecule has 0 atom stereocenters. The van der Waals surface area contributed by atoms with Gasteiger partial charge >= 0.3 is 0 Å². The van der Waals surface area contributed by atoms with E-state index in [-0.39, 0.29) is 11.4 Å². The third-order valence-corrected chi connectivity index (χ3v) is 2.69. The van der Waals surface area contributed by atoms with Crippen LogP contribution in [0.1, 0.15) is 33.6 Å². The molecule has 1 rings (SSSR count). The Labute approximate surface area is 86.0 Å². The fraction of sp³-hybridized carbons (Fsp3) is 0.727. The van der Waals surface area contributed by atoms with Gasteiger partial charge in [-0.2, -0.15) is 0 Å². The quantitative estimate of drug-likeness (QED) is 0.712. The lowest BCUT2D eigenvalue weighted by Gasteiger charge is -2.26. The Morgan fingerprint density at radius 3 is 2.86 bits per heavy atom. The summed E-state index contributed by atoms with van der Waals surface area (Å²) in [7, 11) is 0. The van der Waals surface area contributed by atoms with E-state index < -0.39 is 0 Å². The number of carbonyl (C=O) groups is 1. The predicted molar refractivity (Wildman–Crippen MR) is 58.1 cm³/mol. The van der Waals surface area contributed by atoms with Gasteiger partial charge in [-0.05, 0) is 33.2 Å². The first kappa shape index (κ1) is 11.2. The van der Waals surface area contributed by atoms with E-state index in [1.807, 2.05) is 19.9 Å². The van der Waals surface area contributed by atoms with Gasteiger partial charge in [-0.1, -0.05) is 13.0 Å². The second-order valence-corrected chi connectivity index (χ2v) is 4.38. The molecule has 0 saturated carbocycles. The van der Waals surface area contributed by atoms with Crippen LogP contribution in [0.25, 0.3) is 0 Å². The highest BCUT2D eigenvalue weighted by Gasteiger charge is 2.20. The van der Waals surface area contributed by atoms with Crippen molar-refractivity contribution in [3.8, 4) is 0 Å². The maximum absolute atomic E-state index is 11.8. The minimum Gasteiger partial charge on any atom is -0.347 e. The zero-order chi connectivity index (χ0) is 10.6. The molecule has 0 fully saturated rings. The lowest BCUT2D eigenvalue weighted by atomic mass is 10.0. The molecular weight excluding hydrogens is 176 g/mol. The van der Waals surface area contributed by atoms with Gasteiger partial charge in [-0.3, -0.25) is 4.79 Å². The predicted octanol–water partition coefficient (Wildman–Crippen LogP) is 1.21. The van der Waals surface area contributed by atoms with Gasteiger partial charge in [0.25, 0.3) is 0 Å². The minimum absolute atomic E-state index is 0.0944. The fourth-order valence-corrected chi connectivity index (χ4v) is 1.30. The molecular formula is C11H20N2O. The molecule has 14 heavy (non-hydrogen) atoms. The van der Waals surface area contributed by atoms with E-state index in [0.717, 1.165) is 31.5 Å². The lowest BCUT2D eigenvalue weighted by molar-refractivity contribution is -0.119. The van der Waals surface area contributed by atoms with Crippen molar-refractivity contribution in [1.82, 2.24) is 10.6 Å². The van der Waals surface area contributed by atoms with Crippen molar-refractivity contribution in [2.75, 3.05) is 13.1 Å². The van der Waals surface area contributed by atoms with Crippen molar-refractivity contribution in [2.45, 2.75) is 39.2 Å². The summed E-state index contributed by atoms with van der Waals surface area (Å²) in [4.78, 5) is 11.8. The van der Waals surface area contributed by atoms with Crippen molar-refractivity contribution < 1.29 is 4.79 Å². The molecule has 0 spiro atoms. The second kappa shape index (κ2) is 4.60. The third kappa shape index (κ3) is 3.14. The van der Waals surface area contributed by atoms with Crippen LogP contribution in [0.4, 0.5) is 0 Å². The van der Waals surface area contributed by atoms with Crippen LogP contribution < -0.4 is 10.6 Å². The van der Waals surface area contributed by atoms with Crippen LogP contribution in [0, 0.1) is 0 Å². The SMILES string of the molecule is CCC(C)(C)NC(=O)C1=CCNCC1. The normalized spacial score (nSPS) is 17.5. The van der Waals surface area contributed by atoms with E-state index in [1.165, 1.54) is 0 Å². The van der Waals surface area contributed by atoms with Gasteiger partial charge < -0.3 is 10.6 Å². The molecule has 2 N–H and O–H groups in total.